The van der Waals surface area contributed by atoms with Crippen LogP contribution in [-0.4, -0.2) is 38.3 Å². The van der Waals surface area contributed by atoms with Crippen LogP contribution in [0, 0.1) is 0 Å². The zero-order valence-corrected chi connectivity index (χ0v) is 31.3. The first-order valence-corrected chi connectivity index (χ1v) is 20.1. The number of nitrogens with zero attached hydrogens (tertiary/aromatic N) is 1. The molecule has 264 valence electrons. The standard InChI is InChI=1S/C43H81NO/c1-5-7-9-11-13-15-17-19-21-23-25-27-29-31-33-35-37-40-43(45-42-38-41-44(3)4)39-36-34-32-30-28-26-24-22-20-18-16-14-12-10-8-6-2/h16-23,43H,5-15,24-42H2,1-4H3/b18-16+,19-17+,22-20+,23-21+. The normalized spacial score (nSPS) is 13.2. The molecule has 45 heavy (non-hydrogen) atoms. The lowest BCUT2D eigenvalue weighted by Crippen LogP contribution is -2.18. The molecule has 0 saturated carbocycles. The lowest BCUT2D eigenvalue weighted by molar-refractivity contribution is 0.0342. The molecule has 0 aromatic rings. The van der Waals surface area contributed by atoms with Crippen LogP contribution < -0.4 is 0 Å². The molecular weight excluding hydrogens is 546 g/mol. The Bertz CT molecular complexity index is 661. The van der Waals surface area contributed by atoms with Crippen LogP contribution in [0.1, 0.15) is 194 Å². The molecular formula is C43H81NO. The van der Waals surface area contributed by atoms with Crippen molar-refractivity contribution >= 4 is 0 Å². The molecule has 2 heteroatoms. The smallest absolute Gasteiger partial charge is 0.0575 e. The van der Waals surface area contributed by atoms with E-state index in [2.05, 4.69) is 81.5 Å². The van der Waals surface area contributed by atoms with Gasteiger partial charge in [-0.05, 0) is 91.3 Å². The average Bonchev–Trinajstić information content (AvgIpc) is 3.03. The summed E-state index contributed by atoms with van der Waals surface area (Å²) in [5, 5.41) is 0. The monoisotopic (exact) mass is 628 g/mol. The van der Waals surface area contributed by atoms with E-state index in [0.29, 0.717) is 6.10 Å². The Balaban J connectivity index is 3.84. The number of unbranched alkanes of at least 4 members (excludes halogenated alkanes) is 21. The molecule has 0 bridgehead atoms. The molecule has 2 nitrogen and oxygen atoms in total. The van der Waals surface area contributed by atoms with Crippen molar-refractivity contribution in [3.05, 3.63) is 48.6 Å². The summed E-state index contributed by atoms with van der Waals surface area (Å²) < 4.78 is 6.39. The van der Waals surface area contributed by atoms with Gasteiger partial charge in [0.25, 0.3) is 0 Å². The Morgan fingerprint density at radius 2 is 0.756 bits per heavy atom. The molecule has 1 unspecified atom stereocenters. The molecule has 0 heterocycles. The SMILES string of the molecule is CCCCCC/C=C/C=C/CCCCCCCCC(CCCCCCCC/C=C/C=C/CCCCCCC)OCCCN(C)C. The van der Waals surface area contributed by atoms with Crippen molar-refractivity contribution in [1.29, 1.82) is 0 Å². The number of ether oxygens (including phenoxy) is 1. The molecule has 0 spiro atoms. The van der Waals surface area contributed by atoms with Gasteiger partial charge in [-0.1, -0.05) is 172 Å². The van der Waals surface area contributed by atoms with E-state index in [1.807, 2.05) is 0 Å². The predicted octanol–water partition coefficient (Wildman–Crippen LogP) is 14.1. The van der Waals surface area contributed by atoms with Gasteiger partial charge in [-0.15, -0.1) is 0 Å². The average molecular weight is 628 g/mol. The van der Waals surface area contributed by atoms with Gasteiger partial charge in [0.15, 0.2) is 0 Å². The third-order valence-corrected chi connectivity index (χ3v) is 8.86. The highest BCUT2D eigenvalue weighted by Crippen LogP contribution is 2.18. The molecule has 0 N–H and O–H groups in total. The molecule has 1 atom stereocenters. The Morgan fingerprint density at radius 1 is 0.422 bits per heavy atom. The summed E-state index contributed by atoms with van der Waals surface area (Å²) in [7, 11) is 4.32. The summed E-state index contributed by atoms with van der Waals surface area (Å²) in [6.45, 7) is 6.61. The third kappa shape index (κ3) is 39.0. The van der Waals surface area contributed by atoms with Gasteiger partial charge in [0.1, 0.15) is 0 Å². The van der Waals surface area contributed by atoms with Crippen molar-refractivity contribution in [2.24, 2.45) is 0 Å². The van der Waals surface area contributed by atoms with E-state index < -0.39 is 0 Å². The number of hydrogen-bond acceptors (Lipinski definition) is 2. The second kappa shape index (κ2) is 39.1. The van der Waals surface area contributed by atoms with E-state index >= 15 is 0 Å². The molecule has 0 aliphatic carbocycles. The van der Waals surface area contributed by atoms with Crippen molar-refractivity contribution in [1.82, 2.24) is 4.90 Å². The second-order valence-electron chi connectivity index (χ2n) is 13.8. The minimum Gasteiger partial charge on any atom is -0.378 e. The molecule has 0 saturated heterocycles. The molecule has 0 rings (SSSR count). The van der Waals surface area contributed by atoms with E-state index in [4.69, 9.17) is 4.74 Å². The van der Waals surface area contributed by atoms with Crippen LogP contribution in [0.4, 0.5) is 0 Å². The number of allylic oxidation sites excluding steroid dienone is 8. The first kappa shape index (κ1) is 43.9. The van der Waals surface area contributed by atoms with E-state index in [1.54, 1.807) is 0 Å². The van der Waals surface area contributed by atoms with Crippen molar-refractivity contribution < 1.29 is 4.74 Å². The van der Waals surface area contributed by atoms with E-state index in [1.165, 1.54) is 173 Å². The highest BCUT2D eigenvalue weighted by atomic mass is 16.5. The Morgan fingerprint density at radius 3 is 1.13 bits per heavy atom. The first-order chi connectivity index (χ1) is 22.2. The second-order valence-corrected chi connectivity index (χ2v) is 13.8. The largest absolute Gasteiger partial charge is 0.378 e. The van der Waals surface area contributed by atoms with Crippen LogP contribution in [0.3, 0.4) is 0 Å². The fourth-order valence-corrected chi connectivity index (χ4v) is 5.88. The van der Waals surface area contributed by atoms with Gasteiger partial charge < -0.3 is 9.64 Å². The minimum atomic E-state index is 0.478. The summed E-state index contributed by atoms with van der Waals surface area (Å²) in [5.41, 5.74) is 0. The van der Waals surface area contributed by atoms with Crippen LogP contribution in [0.2, 0.25) is 0 Å². The zero-order valence-electron chi connectivity index (χ0n) is 31.3. The highest BCUT2D eigenvalue weighted by molar-refractivity contribution is 5.02. The molecule has 0 aromatic heterocycles. The van der Waals surface area contributed by atoms with Crippen molar-refractivity contribution in [3.8, 4) is 0 Å². The van der Waals surface area contributed by atoms with Crippen molar-refractivity contribution in [2.45, 2.75) is 200 Å². The van der Waals surface area contributed by atoms with Gasteiger partial charge in [0.05, 0.1) is 6.10 Å². The van der Waals surface area contributed by atoms with Gasteiger partial charge in [-0.25, -0.2) is 0 Å². The van der Waals surface area contributed by atoms with Gasteiger partial charge >= 0.3 is 0 Å². The van der Waals surface area contributed by atoms with Crippen LogP contribution in [0.15, 0.2) is 48.6 Å². The van der Waals surface area contributed by atoms with Crippen LogP contribution in [-0.2, 0) is 4.74 Å². The molecule has 0 aromatic carbocycles. The van der Waals surface area contributed by atoms with Gasteiger partial charge in [0, 0.05) is 6.61 Å². The van der Waals surface area contributed by atoms with E-state index in [9.17, 15) is 0 Å². The number of rotatable bonds is 36. The fourth-order valence-electron chi connectivity index (χ4n) is 5.88. The third-order valence-electron chi connectivity index (χ3n) is 8.86. The van der Waals surface area contributed by atoms with Crippen molar-refractivity contribution in [2.75, 3.05) is 27.2 Å². The van der Waals surface area contributed by atoms with Gasteiger partial charge in [-0.3, -0.25) is 0 Å². The quantitative estimate of drug-likeness (QED) is 0.0506. The van der Waals surface area contributed by atoms with Crippen molar-refractivity contribution in [3.63, 3.8) is 0 Å². The molecule has 0 aliphatic rings. The Labute approximate surface area is 284 Å². The van der Waals surface area contributed by atoms with Crippen LogP contribution in [0.25, 0.3) is 0 Å². The predicted molar refractivity (Wildman–Crippen MR) is 205 cm³/mol. The summed E-state index contributed by atoms with van der Waals surface area (Å²) >= 11 is 0. The fraction of sp³-hybridized carbons (Fsp3) is 0.814. The summed E-state index contributed by atoms with van der Waals surface area (Å²) in [6.07, 6.45) is 56.2. The highest BCUT2D eigenvalue weighted by Gasteiger charge is 2.09. The molecule has 0 aliphatic heterocycles. The van der Waals surface area contributed by atoms with Crippen LogP contribution in [0.5, 0.6) is 0 Å². The number of hydrogen-bond donors (Lipinski definition) is 0. The van der Waals surface area contributed by atoms with Gasteiger partial charge in [0.2, 0.25) is 0 Å². The molecule has 0 amide bonds. The summed E-state index contributed by atoms with van der Waals surface area (Å²) in [6, 6.07) is 0. The topological polar surface area (TPSA) is 12.5 Å². The van der Waals surface area contributed by atoms with Gasteiger partial charge in [-0.2, -0.15) is 0 Å². The van der Waals surface area contributed by atoms with Crippen LogP contribution >= 0.6 is 0 Å². The summed E-state index contributed by atoms with van der Waals surface area (Å²) in [5.74, 6) is 0. The maximum atomic E-state index is 6.39. The lowest BCUT2D eigenvalue weighted by Gasteiger charge is -2.19. The maximum Gasteiger partial charge on any atom is 0.0575 e. The molecule has 0 radical (unpaired) electrons. The first-order valence-electron chi connectivity index (χ1n) is 20.1. The lowest BCUT2D eigenvalue weighted by atomic mass is 10.0. The Kier molecular flexibility index (Phi) is 38.1. The molecule has 0 fully saturated rings. The Hall–Kier alpha value is -1.12. The summed E-state index contributed by atoms with van der Waals surface area (Å²) in [4.78, 5) is 2.27. The zero-order chi connectivity index (χ0) is 32.7. The minimum absolute atomic E-state index is 0.478. The maximum absolute atomic E-state index is 6.39. The van der Waals surface area contributed by atoms with E-state index in [0.717, 1.165) is 19.6 Å². The van der Waals surface area contributed by atoms with E-state index in [-0.39, 0.29) is 0 Å².